The highest BCUT2D eigenvalue weighted by Crippen LogP contribution is 2.36. The van der Waals surface area contributed by atoms with Crippen molar-refractivity contribution in [1.29, 1.82) is 0 Å². The summed E-state index contributed by atoms with van der Waals surface area (Å²) in [6.07, 6.45) is -3.89. The van der Waals surface area contributed by atoms with Crippen molar-refractivity contribution in [3.8, 4) is 0 Å². The third-order valence-electron chi connectivity index (χ3n) is 3.99. The van der Waals surface area contributed by atoms with Crippen LogP contribution in [0.15, 0.2) is 34.5 Å². The summed E-state index contributed by atoms with van der Waals surface area (Å²) in [5.41, 5.74) is -0.627. The number of thiophene rings is 1. The van der Waals surface area contributed by atoms with E-state index in [9.17, 15) is 28.1 Å². The van der Waals surface area contributed by atoms with Crippen LogP contribution in [0.4, 0.5) is 18.9 Å². The van der Waals surface area contributed by atoms with E-state index in [0.717, 1.165) is 35.9 Å². The molecule has 26 heavy (non-hydrogen) atoms. The van der Waals surface area contributed by atoms with Crippen LogP contribution in [-0.4, -0.2) is 28.0 Å². The van der Waals surface area contributed by atoms with E-state index in [1.807, 2.05) is 11.4 Å². The molecule has 1 aromatic heterocycles. The summed E-state index contributed by atoms with van der Waals surface area (Å²) in [7, 11) is 0. The molecule has 138 valence electrons. The predicted molar refractivity (Wildman–Crippen MR) is 92.3 cm³/mol. The number of carbonyl (C=O) groups excluding carboxylic acids is 1. The first-order valence-corrected chi connectivity index (χ1v) is 9.43. The third kappa shape index (κ3) is 4.01. The van der Waals surface area contributed by atoms with E-state index in [1.54, 1.807) is 16.2 Å². The number of benzene rings is 1. The monoisotopic (exact) mass is 402 g/mol. The van der Waals surface area contributed by atoms with Gasteiger partial charge in [0, 0.05) is 24.0 Å². The van der Waals surface area contributed by atoms with E-state index >= 15 is 0 Å². The van der Waals surface area contributed by atoms with Gasteiger partial charge in [-0.05, 0) is 35.6 Å². The molecule has 0 atom stereocenters. The summed E-state index contributed by atoms with van der Waals surface area (Å²) in [6.45, 7) is 1.06. The molecular weight excluding hydrogens is 389 g/mol. The maximum Gasteiger partial charge on any atom is 0.416 e. The molecule has 0 spiro atoms. The SMILES string of the molecule is O=C(CSc1ccc(C(F)(F)F)cc1[N+](=O)[O-])N1CCc2sccc2C1. The first-order valence-electron chi connectivity index (χ1n) is 7.57. The number of hydrogen-bond donors (Lipinski definition) is 0. The topological polar surface area (TPSA) is 63.4 Å². The lowest BCUT2D eigenvalue weighted by Gasteiger charge is -2.26. The lowest BCUT2D eigenvalue weighted by molar-refractivity contribution is -0.388. The third-order valence-corrected chi connectivity index (χ3v) is 6.06. The minimum Gasteiger partial charge on any atom is -0.337 e. The average molecular weight is 402 g/mol. The van der Waals surface area contributed by atoms with Crippen molar-refractivity contribution < 1.29 is 22.9 Å². The zero-order chi connectivity index (χ0) is 18.9. The van der Waals surface area contributed by atoms with E-state index in [4.69, 9.17) is 0 Å². The molecule has 10 heteroatoms. The van der Waals surface area contributed by atoms with Gasteiger partial charge < -0.3 is 4.90 Å². The molecule has 1 aliphatic rings. The molecule has 3 rings (SSSR count). The molecule has 1 aliphatic heterocycles. The molecule has 1 amide bonds. The number of nitro benzene ring substituents is 1. The second-order valence-electron chi connectivity index (χ2n) is 5.66. The quantitative estimate of drug-likeness (QED) is 0.433. The van der Waals surface area contributed by atoms with E-state index in [1.165, 1.54) is 4.88 Å². The minimum atomic E-state index is -4.66. The standard InChI is InChI=1S/C16H13F3N2O3S2/c17-16(18,19)11-1-2-14(12(7-11)21(23)24)26-9-15(22)20-5-3-13-10(8-20)4-6-25-13/h1-2,4,6-7H,3,5,8-9H2. The largest absolute Gasteiger partial charge is 0.416 e. The van der Waals surface area contributed by atoms with Gasteiger partial charge in [-0.25, -0.2) is 0 Å². The fraction of sp³-hybridized carbons (Fsp3) is 0.312. The second kappa shape index (κ2) is 7.28. The summed E-state index contributed by atoms with van der Waals surface area (Å²) in [5.74, 6) is -0.257. The Morgan fingerprint density at radius 2 is 2.12 bits per heavy atom. The number of nitrogens with zero attached hydrogens (tertiary/aromatic N) is 2. The van der Waals surface area contributed by atoms with Crippen LogP contribution in [0.2, 0.25) is 0 Å². The van der Waals surface area contributed by atoms with Crippen molar-refractivity contribution in [2.45, 2.75) is 24.0 Å². The molecule has 2 heterocycles. The molecule has 0 saturated carbocycles. The molecule has 0 bridgehead atoms. The number of carbonyl (C=O) groups is 1. The number of halogens is 3. The molecular formula is C16H13F3N2O3S2. The lowest BCUT2D eigenvalue weighted by atomic mass is 10.1. The van der Waals surface area contributed by atoms with Crippen molar-refractivity contribution in [3.63, 3.8) is 0 Å². The van der Waals surface area contributed by atoms with Gasteiger partial charge in [0.15, 0.2) is 0 Å². The van der Waals surface area contributed by atoms with Crippen LogP contribution in [-0.2, 0) is 23.9 Å². The van der Waals surface area contributed by atoms with Gasteiger partial charge in [0.05, 0.1) is 21.1 Å². The fourth-order valence-corrected chi connectivity index (χ4v) is 4.45. The van der Waals surface area contributed by atoms with E-state index in [0.29, 0.717) is 19.2 Å². The number of thioether (sulfide) groups is 1. The van der Waals surface area contributed by atoms with Crippen LogP contribution in [0.25, 0.3) is 0 Å². The maximum atomic E-state index is 12.7. The molecule has 0 N–H and O–H groups in total. The highest BCUT2D eigenvalue weighted by molar-refractivity contribution is 8.00. The van der Waals surface area contributed by atoms with Crippen molar-refractivity contribution in [2.75, 3.05) is 12.3 Å². The summed E-state index contributed by atoms with van der Waals surface area (Å²) >= 11 is 2.53. The molecule has 0 fully saturated rings. The van der Waals surface area contributed by atoms with Gasteiger partial charge in [0.2, 0.25) is 5.91 Å². The zero-order valence-corrected chi connectivity index (χ0v) is 14.9. The van der Waals surface area contributed by atoms with Gasteiger partial charge in [0.25, 0.3) is 5.69 Å². The molecule has 0 radical (unpaired) electrons. The minimum absolute atomic E-state index is 0.0459. The van der Waals surface area contributed by atoms with Gasteiger partial charge >= 0.3 is 6.18 Å². The highest BCUT2D eigenvalue weighted by Gasteiger charge is 2.33. The highest BCUT2D eigenvalue weighted by atomic mass is 32.2. The van der Waals surface area contributed by atoms with E-state index < -0.39 is 22.4 Å². The van der Waals surface area contributed by atoms with Gasteiger partial charge in [-0.15, -0.1) is 23.1 Å². The van der Waals surface area contributed by atoms with Crippen LogP contribution in [0, 0.1) is 10.1 Å². The smallest absolute Gasteiger partial charge is 0.337 e. The average Bonchev–Trinajstić information content (AvgIpc) is 3.06. The van der Waals surface area contributed by atoms with Crippen molar-refractivity contribution in [3.05, 3.63) is 55.8 Å². The van der Waals surface area contributed by atoms with E-state index in [-0.39, 0.29) is 16.6 Å². The van der Waals surface area contributed by atoms with Crippen molar-refractivity contribution >= 4 is 34.7 Å². The molecule has 0 aliphatic carbocycles. The number of rotatable bonds is 4. The van der Waals surface area contributed by atoms with Crippen LogP contribution in [0.1, 0.15) is 16.0 Å². The summed E-state index contributed by atoms with van der Waals surface area (Å²) < 4.78 is 38.2. The Morgan fingerprint density at radius 3 is 2.81 bits per heavy atom. The Morgan fingerprint density at radius 1 is 1.35 bits per heavy atom. The zero-order valence-electron chi connectivity index (χ0n) is 13.3. The van der Waals surface area contributed by atoms with Crippen LogP contribution >= 0.6 is 23.1 Å². The molecule has 2 aromatic rings. The van der Waals surface area contributed by atoms with Crippen LogP contribution in [0.5, 0.6) is 0 Å². The number of hydrogen-bond acceptors (Lipinski definition) is 5. The van der Waals surface area contributed by atoms with Crippen LogP contribution in [0.3, 0.4) is 0 Å². The lowest BCUT2D eigenvalue weighted by Crippen LogP contribution is -2.36. The summed E-state index contributed by atoms with van der Waals surface area (Å²) in [5, 5.41) is 13.1. The summed E-state index contributed by atoms with van der Waals surface area (Å²) in [6, 6.07) is 4.31. The summed E-state index contributed by atoms with van der Waals surface area (Å²) in [4.78, 5) is 25.6. The van der Waals surface area contributed by atoms with Crippen LogP contribution < -0.4 is 0 Å². The van der Waals surface area contributed by atoms with Gasteiger partial charge in [-0.3, -0.25) is 14.9 Å². The van der Waals surface area contributed by atoms with Gasteiger partial charge in [0.1, 0.15) is 0 Å². The normalized spacial score (nSPS) is 14.2. The number of nitro groups is 1. The van der Waals surface area contributed by atoms with Gasteiger partial charge in [-0.2, -0.15) is 13.2 Å². The Kier molecular flexibility index (Phi) is 5.24. The van der Waals surface area contributed by atoms with Gasteiger partial charge in [-0.1, -0.05) is 0 Å². The first-order chi connectivity index (χ1) is 12.3. The first kappa shape index (κ1) is 18.7. The molecule has 0 saturated heterocycles. The predicted octanol–water partition coefficient (Wildman–Crippen LogP) is 4.35. The fourth-order valence-electron chi connectivity index (χ4n) is 2.65. The molecule has 1 aromatic carbocycles. The number of amides is 1. The second-order valence-corrected chi connectivity index (χ2v) is 7.68. The van der Waals surface area contributed by atoms with E-state index in [2.05, 4.69) is 0 Å². The Balaban J connectivity index is 1.69. The Hall–Kier alpha value is -2.07. The van der Waals surface area contributed by atoms with Crippen molar-refractivity contribution in [2.24, 2.45) is 0 Å². The van der Waals surface area contributed by atoms with Crippen molar-refractivity contribution in [1.82, 2.24) is 4.90 Å². The Bertz CT molecular complexity index is 852. The molecule has 0 unspecified atom stereocenters. The Labute approximate surface area is 155 Å². The number of alkyl halides is 3. The number of fused-ring (bicyclic) bond motifs is 1. The maximum absolute atomic E-state index is 12.7. The molecule has 5 nitrogen and oxygen atoms in total.